The fraction of sp³-hybridized carbons (Fsp3) is 0.300. The van der Waals surface area contributed by atoms with Crippen molar-refractivity contribution in [2.45, 2.75) is 12.8 Å². The molecule has 2 aromatic rings. The Bertz CT molecular complexity index is 834. The average Bonchev–Trinajstić information content (AvgIpc) is 2.68. The summed E-state index contributed by atoms with van der Waals surface area (Å²) in [7, 11) is 1.54. The van der Waals surface area contributed by atoms with Gasteiger partial charge in [0.05, 0.1) is 12.1 Å². The van der Waals surface area contributed by atoms with Gasteiger partial charge in [-0.3, -0.25) is 9.59 Å². The zero-order chi connectivity index (χ0) is 19.4. The van der Waals surface area contributed by atoms with E-state index in [1.165, 1.54) is 0 Å². The molecule has 0 spiro atoms. The molecule has 0 bridgehead atoms. The number of anilines is 1. The molecule has 3 rings (SSSR count). The third-order valence-corrected chi connectivity index (χ3v) is 5.49. The molecule has 1 aliphatic heterocycles. The number of nitrogens with zero attached hydrogens (tertiary/aromatic N) is 1. The normalized spacial score (nSPS) is 14.7. The molecule has 1 fully saturated rings. The maximum absolute atomic E-state index is 12.6. The minimum atomic E-state index is -0.125. The molecular weight excluding hydrogens is 432 g/mol. The molecule has 1 aliphatic rings. The van der Waals surface area contributed by atoms with E-state index < -0.39 is 0 Å². The number of benzene rings is 2. The van der Waals surface area contributed by atoms with Gasteiger partial charge in [0.15, 0.2) is 0 Å². The first-order valence-corrected chi connectivity index (χ1v) is 9.84. The lowest BCUT2D eigenvalue weighted by molar-refractivity contribution is -0.121. The summed E-state index contributed by atoms with van der Waals surface area (Å²) in [4.78, 5) is 26.9. The van der Waals surface area contributed by atoms with Crippen molar-refractivity contribution in [3.05, 3.63) is 57.5 Å². The number of hydrogen-bond acceptors (Lipinski definition) is 3. The van der Waals surface area contributed by atoms with Gasteiger partial charge in [-0.05, 0) is 55.3 Å². The molecule has 7 heteroatoms. The van der Waals surface area contributed by atoms with Crippen LogP contribution in [0.5, 0.6) is 5.75 Å². The second-order valence-corrected chi connectivity index (χ2v) is 7.73. The summed E-state index contributed by atoms with van der Waals surface area (Å²) < 4.78 is 6.05. The van der Waals surface area contributed by atoms with Crippen LogP contribution in [-0.2, 0) is 4.79 Å². The number of amides is 2. The topological polar surface area (TPSA) is 58.6 Å². The van der Waals surface area contributed by atoms with Crippen LogP contribution in [0.15, 0.2) is 46.9 Å². The van der Waals surface area contributed by atoms with Crippen LogP contribution < -0.4 is 10.1 Å². The molecule has 0 aliphatic carbocycles. The van der Waals surface area contributed by atoms with Crippen molar-refractivity contribution in [1.82, 2.24) is 4.90 Å². The van der Waals surface area contributed by atoms with Gasteiger partial charge in [0.1, 0.15) is 5.75 Å². The van der Waals surface area contributed by atoms with Crippen LogP contribution in [-0.4, -0.2) is 36.9 Å². The number of carbonyl (C=O) groups is 2. The number of halogens is 2. The molecule has 0 atom stereocenters. The van der Waals surface area contributed by atoms with Crippen molar-refractivity contribution in [2.24, 2.45) is 5.92 Å². The molecule has 0 saturated carbocycles. The van der Waals surface area contributed by atoms with Gasteiger partial charge in [0.25, 0.3) is 5.91 Å². The summed E-state index contributed by atoms with van der Waals surface area (Å²) in [6.07, 6.45) is 1.27. The second kappa shape index (κ2) is 8.76. The SMILES string of the molecule is COc1ccc(NC(=O)C2CCN(C(=O)c3ccc(Br)cc3)CC2)cc1Cl. The Kier molecular flexibility index (Phi) is 6.39. The number of carbonyl (C=O) groups excluding carboxylic acids is 2. The van der Waals surface area contributed by atoms with Crippen LogP contribution in [0.4, 0.5) is 5.69 Å². The van der Waals surface area contributed by atoms with E-state index in [0.29, 0.717) is 48.0 Å². The Morgan fingerprint density at radius 2 is 1.81 bits per heavy atom. The molecule has 0 unspecified atom stereocenters. The highest BCUT2D eigenvalue weighted by atomic mass is 79.9. The summed E-state index contributed by atoms with van der Waals surface area (Å²) in [5.74, 6) is 0.393. The largest absolute Gasteiger partial charge is 0.495 e. The molecule has 5 nitrogen and oxygen atoms in total. The fourth-order valence-corrected chi connectivity index (χ4v) is 3.63. The molecule has 1 N–H and O–H groups in total. The Morgan fingerprint density at radius 3 is 2.41 bits per heavy atom. The number of ether oxygens (including phenoxy) is 1. The molecule has 142 valence electrons. The summed E-state index contributed by atoms with van der Waals surface area (Å²) in [6.45, 7) is 1.13. The Morgan fingerprint density at radius 1 is 1.15 bits per heavy atom. The predicted octanol–water partition coefficient (Wildman–Crippen LogP) is 4.60. The van der Waals surface area contributed by atoms with Gasteiger partial charge in [-0.2, -0.15) is 0 Å². The van der Waals surface area contributed by atoms with Crippen molar-refractivity contribution >= 4 is 45.0 Å². The highest BCUT2D eigenvalue weighted by Crippen LogP contribution is 2.28. The zero-order valence-electron chi connectivity index (χ0n) is 14.9. The van der Waals surface area contributed by atoms with E-state index in [1.54, 1.807) is 42.3 Å². The Balaban J connectivity index is 1.55. The van der Waals surface area contributed by atoms with Crippen LogP contribution in [0.2, 0.25) is 5.02 Å². The first-order valence-electron chi connectivity index (χ1n) is 8.67. The summed E-state index contributed by atoms with van der Waals surface area (Å²) in [5, 5.41) is 3.35. The number of rotatable bonds is 4. The average molecular weight is 452 g/mol. The van der Waals surface area contributed by atoms with Crippen LogP contribution in [0, 0.1) is 5.92 Å². The van der Waals surface area contributed by atoms with Crippen molar-refractivity contribution in [1.29, 1.82) is 0 Å². The molecule has 0 aromatic heterocycles. The molecule has 27 heavy (non-hydrogen) atoms. The van der Waals surface area contributed by atoms with Gasteiger partial charge in [0, 0.05) is 34.7 Å². The number of methoxy groups -OCH3 is 1. The van der Waals surface area contributed by atoms with E-state index in [2.05, 4.69) is 21.2 Å². The van der Waals surface area contributed by atoms with Gasteiger partial charge in [-0.25, -0.2) is 0 Å². The lowest BCUT2D eigenvalue weighted by Gasteiger charge is -2.31. The maximum atomic E-state index is 12.6. The first kappa shape index (κ1) is 19.7. The monoisotopic (exact) mass is 450 g/mol. The lowest BCUT2D eigenvalue weighted by Crippen LogP contribution is -2.41. The minimum Gasteiger partial charge on any atom is -0.495 e. The number of nitrogens with one attached hydrogen (secondary N) is 1. The Hall–Kier alpha value is -2.05. The van der Waals surface area contributed by atoms with Gasteiger partial charge in [0.2, 0.25) is 5.91 Å². The van der Waals surface area contributed by atoms with Crippen LogP contribution in [0.1, 0.15) is 23.2 Å². The predicted molar refractivity (Wildman–Crippen MR) is 109 cm³/mol. The number of likely N-dealkylation sites (tertiary alicyclic amines) is 1. The fourth-order valence-electron chi connectivity index (χ4n) is 3.11. The Labute approximate surface area is 171 Å². The molecule has 2 aromatic carbocycles. The summed E-state index contributed by atoms with van der Waals surface area (Å²) in [5.41, 5.74) is 1.30. The van der Waals surface area contributed by atoms with E-state index >= 15 is 0 Å². The van der Waals surface area contributed by atoms with Crippen molar-refractivity contribution in [2.75, 3.05) is 25.5 Å². The first-order chi connectivity index (χ1) is 13.0. The van der Waals surface area contributed by atoms with E-state index in [1.807, 2.05) is 12.1 Å². The number of hydrogen-bond donors (Lipinski definition) is 1. The highest BCUT2D eigenvalue weighted by molar-refractivity contribution is 9.10. The van der Waals surface area contributed by atoms with Gasteiger partial charge in [-0.15, -0.1) is 0 Å². The zero-order valence-corrected chi connectivity index (χ0v) is 17.2. The third-order valence-electron chi connectivity index (χ3n) is 4.66. The van der Waals surface area contributed by atoms with E-state index in [0.717, 1.165) is 4.47 Å². The molecule has 1 saturated heterocycles. The van der Waals surface area contributed by atoms with Crippen LogP contribution in [0.25, 0.3) is 0 Å². The van der Waals surface area contributed by atoms with Crippen molar-refractivity contribution in [3.8, 4) is 5.75 Å². The van der Waals surface area contributed by atoms with E-state index in [4.69, 9.17) is 16.3 Å². The molecule has 0 radical (unpaired) electrons. The minimum absolute atomic E-state index is 0.00305. The number of piperidine rings is 1. The smallest absolute Gasteiger partial charge is 0.253 e. The van der Waals surface area contributed by atoms with Gasteiger partial charge < -0.3 is 15.0 Å². The summed E-state index contributed by atoms with van der Waals surface area (Å²) >= 11 is 9.47. The lowest BCUT2D eigenvalue weighted by atomic mass is 9.95. The molecular formula is C20H20BrClN2O3. The second-order valence-electron chi connectivity index (χ2n) is 6.41. The van der Waals surface area contributed by atoms with Crippen LogP contribution in [0.3, 0.4) is 0 Å². The standard InChI is InChI=1S/C20H20BrClN2O3/c1-27-18-7-6-16(12-17(18)22)23-19(25)13-8-10-24(11-9-13)20(26)14-2-4-15(21)5-3-14/h2-7,12-13H,8-11H2,1H3,(H,23,25). The molecule has 1 heterocycles. The van der Waals surface area contributed by atoms with Gasteiger partial charge >= 0.3 is 0 Å². The van der Waals surface area contributed by atoms with E-state index in [9.17, 15) is 9.59 Å². The third kappa shape index (κ3) is 4.82. The van der Waals surface area contributed by atoms with Crippen LogP contribution >= 0.6 is 27.5 Å². The van der Waals surface area contributed by atoms with E-state index in [-0.39, 0.29) is 17.7 Å². The van der Waals surface area contributed by atoms with Gasteiger partial charge in [-0.1, -0.05) is 27.5 Å². The van der Waals surface area contributed by atoms with Crippen molar-refractivity contribution in [3.63, 3.8) is 0 Å². The maximum Gasteiger partial charge on any atom is 0.253 e. The summed E-state index contributed by atoms with van der Waals surface area (Å²) in [6, 6.07) is 12.5. The highest BCUT2D eigenvalue weighted by Gasteiger charge is 2.28. The van der Waals surface area contributed by atoms with Crippen molar-refractivity contribution < 1.29 is 14.3 Å². The quantitative estimate of drug-likeness (QED) is 0.739. The molecule has 2 amide bonds.